The lowest BCUT2D eigenvalue weighted by Gasteiger charge is -2.05. The van der Waals surface area contributed by atoms with Crippen molar-refractivity contribution in [2.75, 3.05) is 6.54 Å². The first kappa shape index (κ1) is 15.0. The van der Waals surface area contributed by atoms with Crippen LogP contribution in [-0.2, 0) is 11.2 Å². The summed E-state index contributed by atoms with van der Waals surface area (Å²) in [7, 11) is 0. The van der Waals surface area contributed by atoms with Gasteiger partial charge in [-0.25, -0.2) is 0 Å². The van der Waals surface area contributed by atoms with Crippen molar-refractivity contribution >= 4 is 11.7 Å². The number of amides is 1. The fourth-order valence-corrected chi connectivity index (χ4v) is 2.09. The number of benzene rings is 2. The molecule has 0 aliphatic rings. The van der Waals surface area contributed by atoms with Gasteiger partial charge in [0.1, 0.15) is 0 Å². The van der Waals surface area contributed by atoms with Gasteiger partial charge >= 0.3 is 0 Å². The quantitative estimate of drug-likeness (QED) is 0.793. The van der Waals surface area contributed by atoms with Crippen LogP contribution in [0.1, 0.15) is 28.8 Å². The summed E-state index contributed by atoms with van der Waals surface area (Å²) in [4.78, 5) is 23.5. The van der Waals surface area contributed by atoms with E-state index in [1.54, 1.807) is 12.1 Å². The maximum Gasteiger partial charge on any atom is 0.220 e. The van der Waals surface area contributed by atoms with Gasteiger partial charge in [-0.1, -0.05) is 60.7 Å². The van der Waals surface area contributed by atoms with Crippen molar-refractivity contribution < 1.29 is 9.59 Å². The van der Waals surface area contributed by atoms with Gasteiger partial charge in [0, 0.05) is 12.0 Å². The molecular weight excluding hydrogens is 262 g/mol. The van der Waals surface area contributed by atoms with Crippen LogP contribution >= 0.6 is 0 Å². The van der Waals surface area contributed by atoms with Crippen molar-refractivity contribution in [1.82, 2.24) is 5.32 Å². The van der Waals surface area contributed by atoms with Gasteiger partial charge in [0.05, 0.1) is 6.54 Å². The molecule has 0 fully saturated rings. The second-order valence-electron chi connectivity index (χ2n) is 4.91. The van der Waals surface area contributed by atoms with E-state index in [0.29, 0.717) is 12.0 Å². The van der Waals surface area contributed by atoms with Crippen LogP contribution in [0.4, 0.5) is 0 Å². The summed E-state index contributed by atoms with van der Waals surface area (Å²) >= 11 is 0. The first-order chi connectivity index (χ1) is 10.3. The van der Waals surface area contributed by atoms with E-state index in [1.165, 1.54) is 5.56 Å². The van der Waals surface area contributed by atoms with E-state index in [4.69, 9.17) is 0 Å². The van der Waals surface area contributed by atoms with E-state index in [9.17, 15) is 9.59 Å². The largest absolute Gasteiger partial charge is 0.349 e. The van der Waals surface area contributed by atoms with E-state index in [-0.39, 0.29) is 18.2 Å². The zero-order valence-corrected chi connectivity index (χ0v) is 11.9. The van der Waals surface area contributed by atoms with Gasteiger partial charge in [-0.2, -0.15) is 0 Å². The Balaban J connectivity index is 1.67. The number of rotatable bonds is 7. The number of hydrogen-bond acceptors (Lipinski definition) is 2. The minimum Gasteiger partial charge on any atom is -0.349 e. The zero-order chi connectivity index (χ0) is 14.9. The third-order valence-corrected chi connectivity index (χ3v) is 3.25. The highest BCUT2D eigenvalue weighted by Crippen LogP contribution is 2.04. The first-order valence-electron chi connectivity index (χ1n) is 7.14. The molecule has 0 atom stereocenters. The van der Waals surface area contributed by atoms with Gasteiger partial charge in [0.15, 0.2) is 5.78 Å². The highest BCUT2D eigenvalue weighted by Gasteiger charge is 2.07. The molecule has 0 saturated carbocycles. The molecule has 0 bridgehead atoms. The fraction of sp³-hybridized carbons (Fsp3) is 0.222. The third kappa shape index (κ3) is 5.22. The van der Waals surface area contributed by atoms with E-state index in [1.807, 2.05) is 36.4 Å². The van der Waals surface area contributed by atoms with Crippen LogP contribution in [0, 0.1) is 0 Å². The predicted octanol–water partition coefficient (Wildman–Crippen LogP) is 3.01. The standard InChI is InChI=1S/C18H19NO2/c20-17(16-11-5-2-6-12-16)14-19-18(21)13-7-10-15-8-3-1-4-9-15/h1-6,8-9,11-12H,7,10,13-14H2,(H,19,21). The topological polar surface area (TPSA) is 46.2 Å². The molecule has 0 unspecified atom stereocenters. The number of carbonyl (C=O) groups excluding carboxylic acids is 2. The van der Waals surface area contributed by atoms with Crippen LogP contribution in [0.25, 0.3) is 0 Å². The number of ketones is 1. The summed E-state index contributed by atoms with van der Waals surface area (Å²) in [6.07, 6.45) is 2.10. The van der Waals surface area contributed by atoms with Crippen LogP contribution < -0.4 is 5.32 Å². The van der Waals surface area contributed by atoms with Crippen LogP contribution in [0.5, 0.6) is 0 Å². The molecule has 0 spiro atoms. The Labute approximate surface area is 125 Å². The molecule has 2 aromatic rings. The van der Waals surface area contributed by atoms with Crippen LogP contribution in [0.15, 0.2) is 60.7 Å². The van der Waals surface area contributed by atoms with Crippen molar-refractivity contribution in [2.24, 2.45) is 0 Å². The van der Waals surface area contributed by atoms with E-state index in [0.717, 1.165) is 12.8 Å². The molecule has 0 saturated heterocycles. The summed E-state index contributed by atoms with van der Waals surface area (Å²) in [5, 5.41) is 2.68. The van der Waals surface area contributed by atoms with Gasteiger partial charge in [0.25, 0.3) is 0 Å². The maximum absolute atomic E-state index is 11.8. The molecule has 0 aliphatic heterocycles. The van der Waals surface area contributed by atoms with Crippen molar-refractivity contribution in [1.29, 1.82) is 0 Å². The molecule has 3 heteroatoms. The normalized spacial score (nSPS) is 10.1. The fourth-order valence-electron chi connectivity index (χ4n) is 2.09. The highest BCUT2D eigenvalue weighted by molar-refractivity contribution is 5.99. The highest BCUT2D eigenvalue weighted by atomic mass is 16.2. The molecular formula is C18H19NO2. The Bertz CT molecular complexity index is 579. The lowest BCUT2D eigenvalue weighted by atomic mass is 10.1. The molecule has 0 heterocycles. The van der Waals surface area contributed by atoms with Gasteiger partial charge < -0.3 is 5.32 Å². The molecule has 1 amide bonds. The molecule has 108 valence electrons. The van der Waals surface area contributed by atoms with Gasteiger partial charge in [-0.05, 0) is 18.4 Å². The van der Waals surface area contributed by atoms with Crippen LogP contribution in [0.2, 0.25) is 0 Å². The molecule has 0 aliphatic carbocycles. The lowest BCUT2D eigenvalue weighted by Crippen LogP contribution is -2.29. The molecule has 21 heavy (non-hydrogen) atoms. The summed E-state index contributed by atoms with van der Waals surface area (Å²) in [6, 6.07) is 19.1. The van der Waals surface area contributed by atoms with E-state index < -0.39 is 0 Å². The Morgan fingerprint density at radius 3 is 2.14 bits per heavy atom. The van der Waals surface area contributed by atoms with Crippen molar-refractivity contribution in [3.63, 3.8) is 0 Å². The second kappa shape index (κ2) is 8.00. The SMILES string of the molecule is O=C(CCCc1ccccc1)NCC(=O)c1ccccc1. The smallest absolute Gasteiger partial charge is 0.220 e. The molecule has 2 aromatic carbocycles. The van der Waals surface area contributed by atoms with Gasteiger partial charge in [0.2, 0.25) is 5.91 Å². The average molecular weight is 281 g/mol. The number of aryl methyl sites for hydroxylation is 1. The molecule has 0 radical (unpaired) electrons. The predicted molar refractivity (Wildman–Crippen MR) is 83.2 cm³/mol. The second-order valence-corrected chi connectivity index (χ2v) is 4.91. The number of nitrogens with one attached hydrogen (secondary N) is 1. The Kier molecular flexibility index (Phi) is 5.71. The Morgan fingerprint density at radius 1 is 0.857 bits per heavy atom. The van der Waals surface area contributed by atoms with Crippen LogP contribution in [-0.4, -0.2) is 18.2 Å². The Hall–Kier alpha value is -2.42. The van der Waals surface area contributed by atoms with Gasteiger partial charge in [-0.3, -0.25) is 9.59 Å². The summed E-state index contributed by atoms with van der Waals surface area (Å²) in [5.74, 6) is -0.137. The molecule has 2 rings (SSSR count). The third-order valence-electron chi connectivity index (χ3n) is 3.25. The summed E-state index contributed by atoms with van der Waals surface area (Å²) in [5.41, 5.74) is 1.85. The molecule has 0 aromatic heterocycles. The van der Waals surface area contributed by atoms with E-state index >= 15 is 0 Å². The van der Waals surface area contributed by atoms with Gasteiger partial charge in [-0.15, -0.1) is 0 Å². The minimum atomic E-state index is -0.0739. The summed E-state index contributed by atoms with van der Waals surface area (Å²) < 4.78 is 0. The monoisotopic (exact) mass is 281 g/mol. The molecule has 1 N–H and O–H groups in total. The van der Waals surface area contributed by atoms with E-state index in [2.05, 4.69) is 17.4 Å². The number of Topliss-reactive ketones (excluding diaryl/α,β-unsaturated/α-hetero) is 1. The maximum atomic E-state index is 11.8. The van der Waals surface area contributed by atoms with Crippen LogP contribution in [0.3, 0.4) is 0 Å². The van der Waals surface area contributed by atoms with Crippen molar-refractivity contribution in [3.8, 4) is 0 Å². The first-order valence-corrected chi connectivity index (χ1v) is 7.14. The summed E-state index contributed by atoms with van der Waals surface area (Å²) in [6.45, 7) is 0.0637. The van der Waals surface area contributed by atoms with Crippen molar-refractivity contribution in [3.05, 3.63) is 71.8 Å². The minimum absolute atomic E-state index is 0.0630. The average Bonchev–Trinajstić information content (AvgIpc) is 2.54. The van der Waals surface area contributed by atoms with Crippen molar-refractivity contribution in [2.45, 2.75) is 19.3 Å². The molecule has 3 nitrogen and oxygen atoms in total. The number of hydrogen-bond donors (Lipinski definition) is 1. The zero-order valence-electron chi connectivity index (χ0n) is 11.9. The lowest BCUT2D eigenvalue weighted by molar-refractivity contribution is -0.121. The number of carbonyl (C=O) groups is 2. The Morgan fingerprint density at radius 2 is 1.48 bits per heavy atom.